The minimum atomic E-state index is -4.81. The number of sulfonamides is 1. The van der Waals surface area contributed by atoms with E-state index in [1.54, 1.807) is 6.92 Å². The number of hydrogen-bond acceptors (Lipinski definition) is 4. The number of hydrogen-bond donors (Lipinski definition) is 1. The van der Waals surface area contributed by atoms with E-state index in [-0.39, 0.29) is 15.5 Å². The first-order chi connectivity index (χ1) is 12.5. The van der Waals surface area contributed by atoms with Gasteiger partial charge in [-0.05, 0) is 37.3 Å². The van der Waals surface area contributed by atoms with E-state index >= 15 is 0 Å². The quantitative estimate of drug-likeness (QED) is 0.689. The van der Waals surface area contributed by atoms with E-state index in [4.69, 9.17) is 16.0 Å². The predicted octanol–water partition coefficient (Wildman–Crippen LogP) is 4.09. The second-order valence-electron chi connectivity index (χ2n) is 5.53. The molecular weight excluding hydrogens is 409 g/mol. The lowest BCUT2D eigenvalue weighted by Crippen LogP contribution is -2.17. The number of aryl methyl sites for hydroxylation is 1. The largest absolute Gasteiger partial charge is 0.419 e. The van der Waals surface area contributed by atoms with Gasteiger partial charge in [-0.1, -0.05) is 11.6 Å². The Hall–Kier alpha value is -2.46. The molecule has 0 aliphatic carbocycles. The van der Waals surface area contributed by atoms with E-state index in [1.807, 2.05) is 4.72 Å². The Labute approximate surface area is 156 Å². The molecule has 1 heterocycles. The number of rotatable bonds is 4. The Morgan fingerprint density at radius 2 is 1.89 bits per heavy atom. The molecule has 0 fully saturated rings. The number of alkyl halides is 3. The average molecular weight is 421 g/mol. The summed E-state index contributed by atoms with van der Waals surface area (Å²) in [4.78, 5) is 11.4. The van der Waals surface area contributed by atoms with Gasteiger partial charge in [0.25, 0.3) is 10.0 Å². The Morgan fingerprint density at radius 1 is 1.19 bits per heavy atom. The van der Waals surface area contributed by atoms with Crippen molar-refractivity contribution in [1.82, 2.24) is 4.57 Å². The number of anilines is 1. The number of nitrogens with one attached hydrogen (secondary N) is 1. The zero-order chi connectivity index (χ0) is 20.0. The molecule has 11 heteroatoms. The van der Waals surface area contributed by atoms with Crippen LogP contribution in [0.5, 0.6) is 0 Å². The molecule has 0 bridgehead atoms. The highest BCUT2D eigenvalue weighted by atomic mass is 35.5. The van der Waals surface area contributed by atoms with Gasteiger partial charge in [0.05, 0.1) is 21.7 Å². The first-order valence-corrected chi connectivity index (χ1v) is 9.42. The molecule has 2 aromatic carbocycles. The van der Waals surface area contributed by atoms with Gasteiger partial charge >= 0.3 is 11.9 Å². The van der Waals surface area contributed by atoms with Crippen molar-refractivity contribution >= 4 is 38.4 Å². The van der Waals surface area contributed by atoms with Crippen molar-refractivity contribution < 1.29 is 26.0 Å². The van der Waals surface area contributed by atoms with Crippen LogP contribution in [0.1, 0.15) is 12.5 Å². The molecule has 0 aliphatic rings. The molecule has 0 radical (unpaired) electrons. The van der Waals surface area contributed by atoms with Crippen LogP contribution in [0, 0.1) is 0 Å². The van der Waals surface area contributed by atoms with Gasteiger partial charge < -0.3 is 4.42 Å². The summed E-state index contributed by atoms with van der Waals surface area (Å²) in [6.07, 6.45) is -4.81. The highest BCUT2D eigenvalue weighted by Gasteiger charge is 2.35. The Balaban J connectivity index is 2.06. The fraction of sp³-hybridized carbons (Fsp3) is 0.188. The van der Waals surface area contributed by atoms with E-state index < -0.39 is 33.2 Å². The summed E-state index contributed by atoms with van der Waals surface area (Å²) in [5, 5.41) is -0.186. The normalized spacial score (nSPS) is 12.5. The Morgan fingerprint density at radius 3 is 2.52 bits per heavy atom. The Kier molecular flexibility index (Phi) is 4.73. The monoisotopic (exact) mass is 420 g/mol. The molecule has 0 unspecified atom stereocenters. The third-order valence-electron chi connectivity index (χ3n) is 3.80. The van der Waals surface area contributed by atoms with E-state index in [1.165, 1.54) is 16.7 Å². The summed E-state index contributed by atoms with van der Waals surface area (Å²) in [6, 6.07) is 6.30. The first kappa shape index (κ1) is 19.3. The number of halogens is 4. The Bertz CT molecular complexity index is 1180. The lowest BCUT2D eigenvalue weighted by Gasteiger charge is -2.15. The molecule has 0 aliphatic heterocycles. The van der Waals surface area contributed by atoms with Crippen LogP contribution in [-0.2, 0) is 22.7 Å². The highest BCUT2D eigenvalue weighted by molar-refractivity contribution is 7.92. The van der Waals surface area contributed by atoms with Gasteiger partial charge in [0, 0.05) is 17.6 Å². The molecule has 1 N–H and O–H groups in total. The molecule has 0 saturated carbocycles. The fourth-order valence-corrected chi connectivity index (χ4v) is 3.82. The van der Waals surface area contributed by atoms with Crippen molar-refractivity contribution in [3.8, 4) is 0 Å². The number of fused-ring (bicyclic) bond motifs is 1. The number of oxazole rings is 1. The summed E-state index contributed by atoms with van der Waals surface area (Å²) >= 11 is 5.59. The van der Waals surface area contributed by atoms with Gasteiger partial charge in [-0.15, -0.1) is 0 Å². The smallest absolute Gasteiger partial charge is 0.408 e. The van der Waals surface area contributed by atoms with Crippen molar-refractivity contribution in [3.05, 3.63) is 57.5 Å². The molecule has 6 nitrogen and oxygen atoms in total. The lowest BCUT2D eigenvalue weighted by atomic mass is 10.2. The van der Waals surface area contributed by atoms with Crippen LogP contribution >= 0.6 is 11.6 Å². The van der Waals surface area contributed by atoms with E-state index in [0.717, 1.165) is 18.2 Å². The van der Waals surface area contributed by atoms with E-state index in [9.17, 15) is 26.4 Å². The minimum Gasteiger partial charge on any atom is -0.408 e. The highest BCUT2D eigenvalue weighted by Crippen LogP contribution is 2.37. The molecule has 0 spiro atoms. The van der Waals surface area contributed by atoms with Crippen LogP contribution in [0.2, 0.25) is 5.02 Å². The van der Waals surface area contributed by atoms with Crippen molar-refractivity contribution in [2.45, 2.75) is 24.5 Å². The topological polar surface area (TPSA) is 81.3 Å². The van der Waals surface area contributed by atoms with E-state index in [2.05, 4.69) is 0 Å². The van der Waals surface area contributed by atoms with Crippen molar-refractivity contribution in [2.75, 3.05) is 4.72 Å². The molecule has 0 atom stereocenters. The molecule has 3 aromatic rings. The van der Waals surface area contributed by atoms with Gasteiger partial charge in [-0.25, -0.2) is 13.2 Å². The lowest BCUT2D eigenvalue weighted by molar-refractivity contribution is -0.136. The van der Waals surface area contributed by atoms with Crippen LogP contribution in [0.25, 0.3) is 11.1 Å². The fourth-order valence-electron chi connectivity index (χ4n) is 2.56. The van der Waals surface area contributed by atoms with Crippen molar-refractivity contribution in [1.29, 1.82) is 0 Å². The van der Waals surface area contributed by atoms with Gasteiger partial charge in [-0.2, -0.15) is 13.2 Å². The third-order valence-corrected chi connectivity index (χ3v) is 5.40. The molecular formula is C16H12ClF3N2O4S. The summed E-state index contributed by atoms with van der Waals surface area (Å²) in [6.45, 7) is 2.03. The van der Waals surface area contributed by atoms with Crippen molar-refractivity contribution in [3.63, 3.8) is 0 Å². The molecule has 1 aromatic heterocycles. The van der Waals surface area contributed by atoms with Gasteiger partial charge in [0.15, 0.2) is 5.58 Å². The summed E-state index contributed by atoms with van der Waals surface area (Å²) in [5.41, 5.74) is -1.50. The second kappa shape index (κ2) is 6.61. The van der Waals surface area contributed by atoms with Crippen LogP contribution in [0.15, 0.2) is 50.5 Å². The zero-order valence-electron chi connectivity index (χ0n) is 13.7. The second-order valence-corrected chi connectivity index (χ2v) is 7.65. The molecule has 0 saturated heterocycles. The minimum absolute atomic E-state index is 0.0110. The SMILES string of the molecule is CCn1c(=O)oc2cc(S(=O)(=O)Nc3ccc(Cl)cc3C(F)(F)F)ccc21. The maximum absolute atomic E-state index is 13.2. The van der Waals surface area contributed by atoms with Crippen LogP contribution in [0.3, 0.4) is 0 Å². The number of nitrogens with zero attached hydrogens (tertiary/aromatic N) is 1. The van der Waals surface area contributed by atoms with Gasteiger partial charge in [0.2, 0.25) is 0 Å². The van der Waals surface area contributed by atoms with Crippen LogP contribution < -0.4 is 10.5 Å². The number of benzene rings is 2. The molecule has 144 valence electrons. The summed E-state index contributed by atoms with van der Waals surface area (Å²) < 4.78 is 72.7. The molecule has 3 rings (SSSR count). The van der Waals surface area contributed by atoms with Crippen molar-refractivity contribution in [2.24, 2.45) is 0 Å². The maximum atomic E-state index is 13.2. The first-order valence-electron chi connectivity index (χ1n) is 7.56. The van der Waals surface area contributed by atoms with E-state index in [0.29, 0.717) is 18.1 Å². The zero-order valence-corrected chi connectivity index (χ0v) is 15.2. The van der Waals surface area contributed by atoms with Gasteiger partial charge in [0.1, 0.15) is 0 Å². The standard InChI is InChI=1S/C16H12ClF3N2O4S/c1-2-22-13-6-4-10(8-14(13)26-15(22)23)27(24,25)21-12-5-3-9(17)7-11(12)16(18,19)20/h3-8,21H,2H2,1H3. The molecule has 27 heavy (non-hydrogen) atoms. The van der Waals surface area contributed by atoms with Crippen LogP contribution in [-0.4, -0.2) is 13.0 Å². The maximum Gasteiger partial charge on any atom is 0.419 e. The third kappa shape index (κ3) is 3.67. The number of aromatic nitrogens is 1. The van der Waals surface area contributed by atoms with Crippen LogP contribution in [0.4, 0.5) is 18.9 Å². The summed E-state index contributed by atoms with van der Waals surface area (Å²) in [5.74, 6) is -0.660. The molecule has 0 amide bonds. The predicted molar refractivity (Wildman–Crippen MR) is 93.4 cm³/mol. The van der Waals surface area contributed by atoms with Gasteiger partial charge in [-0.3, -0.25) is 9.29 Å². The summed E-state index contributed by atoms with van der Waals surface area (Å²) in [7, 11) is -4.38. The average Bonchev–Trinajstić information content (AvgIpc) is 2.89.